The third kappa shape index (κ3) is 6.31. The van der Waals surface area contributed by atoms with E-state index < -0.39 is 18.5 Å². The lowest BCUT2D eigenvalue weighted by Crippen LogP contribution is -2.20. The number of nitrogens with zero attached hydrogens (tertiary/aromatic N) is 3. The molecule has 35 heavy (non-hydrogen) atoms. The molecule has 7 nitrogen and oxygen atoms in total. The number of rotatable bonds is 7. The number of benzene rings is 3. The summed E-state index contributed by atoms with van der Waals surface area (Å²) < 4.78 is 7.76. The quantitative estimate of drug-likeness (QED) is 0.258. The van der Waals surface area contributed by atoms with Gasteiger partial charge in [-0.25, -0.2) is 9.48 Å². The number of carbonyl (C=O) groups is 2. The summed E-state index contributed by atoms with van der Waals surface area (Å²) in [5.74, 6) is -1.17. The van der Waals surface area contributed by atoms with Gasteiger partial charge in [0.2, 0.25) is 0 Å². The molecule has 1 N–H and O–H groups in total. The molecule has 0 fully saturated rings. The van der Waals surface area contributed by atoms with Gasteiger partial charge in [0.25, 0.3) is 5.91 Å². The number of amides is 1. The van der Waals surface area contributed by atoms with Crippen LogP contribution < -0.4 is 5.32 Å². The molecule has 0 bridgehead atoms. The van der Waals surface area contributed by atoms with E-state index in [-0.39, 0.29) is 0 Å². The number of aromatic nitrogens is 2. The van der Waals surface area contributed by atoms with Gasteiger partial charge in [0.1, 0.15) is 0 Å². The maximum Gasteiger partial charge on any atom is 0.331 e. The Morgan fingerprint density at radius 1 is 1.06 bits per heavy atom. The Morgan fingerprint density at radius 2 is 1.83 bits per heavy atom. The summed E-state index contributed by atoms with van der Waals surface area (Å²) >= 11 is 3.44. The van der Waals surface area contributed by atoms with Crippen LogP contribution in [0.1, 0.15) is 11.1 Å². The maximum atomic E-state index is 12.3. The number of hydrogen-bond acceptors (Lipinski definition) is 5. The van der Waals surface area contributed by atoms with Crippen molar-refractivity contribution in [2.45, 2.75) is 0 Å². The van der Waals surface area contributed by atoms with Crippen LogP contribution in [-0.2, 0) is 14.3 Å². The van der Waals surface area contributed by atoms with Gasteiger partial charge in [-0.15, -0.1) is 0 Å². The number of esters is 1. The van der Waals surface area contributed by atoms with Crippen molar-refractivity contribution in [2.75, 3.05) is 11.9 Å². The molecular formula is C27H19BrN4O3. The SMILES string of the molecule is N#Cc1cccc(NC(=O)COC(=O)C=Cc2cn(-c3ccccc3)nc2-c2ccc(Br)cc2)c1. The minimum Gasteiger partial charge on any atom is -0.452 e. The van der Waals surface area contributed by atoms with Gasteiger partial charge in [0.05, 0.1) is 23.0 Å². The van der Waals surface area contributed by atoms with E-state index in [1.807, 2.05) is 66.9 Å². The number of para-hydroxylation sites is 1. The van der Waals surface area contributed by atoms with Gasteiger partial charge in [-0.2, -0.15) is 10.4 Å². The molecule has 0 aliphatic carbocycles. The van der Waals surface area contributed by atoms with Crippen molar-refractivity contribution in [1.82, 2.24) is 9.78 Å². The van der Waals surface area contributed by atoms with E-state index in [0.717, 1.165) is 15.7 Å². The predicted octanol–water partition coefficient (Wildman–Crippen LogP) is 5.37. The minimum atomic E-state index is -0.667. The van der Waals surface area contributed by atoms with Crippen LogP contribution >= 0.6 is 15.9 Å². The predicted molar refractivity (Wildman–Crippen MR) is 136 cm³/mol. The van der Waals surface area contributed by atoms with E-state index in [2.05, 4.69) is 21.2 Å². The minimum absolute atomic E-state index is 0.417. The zero-order chi connectivity index (χ0) is 24.6. The molecule has 0 atom stereocenters. The van der Waals surface area contributed by atoms with Gasteiger partial charge in [-0.1, -0.05) is 52.3 Å². The van der Waals surface area contributed by atoms with Crippen LogP contribution in [0, 0.1) is 11.3 Å². The van der Waals surface area contributed by atoms with E-state index in [4.69, 9.17) is 15.1 Å². The molecule has 0 saturated carbocycles. The second kappa shape index (κ2) is 11.1. The summed E-state index contributed by atoms with van der Waals surface area (Å²) in [6.07, 6.45) is 4.70. The molecule has 3 aromatic carbocycles. The van der Waals surface area contributed by atoms with Crippen molar-refractivity contribution in [3.63, 3.8) is 0 Å². The number of hydrogen-bond donors (Lipinski definition) is 1. The molecule has 4 rings (SSSR count). The molecule has 172 valence electrons. The second-order valence-electron chi connectivity index (χ2n) is 7.40. The fraction of sp³-hybridized carbons (Fsp3) is 0.0370. The monoisotopic (exact) mass is 526 g/mol. The number of ether oxygens (including phenoxy) is 1. The van der Waals surface area contributed by atoms with Gasteiger partial charge in [-0.05, 0) is 48.5 Å². The molecule has 0 radical (unpaired) electrons. The molecule has 0 spiro atoms. The number of nitrogens with one attached hydrogen (secondary N) is 1. The van der Waals surface area contributed by atoms with E-state index in [9.17, 15) is 9.59 Å². The zero-order valence-electron chi connectivity index (χ0n) is 18.4. The van der Waals surface area contributed by atoms with E-state index in [1.165, 1.54) is 12.1 Å². The molecule has 0 aliphatic rings. The Bertz CT molecular complexity index is 1420. The third-order valence-electron chi connectivity index (χ3n) is 4.90. The van der Waals surface area contributed by atoms with Gasteiger partial charge in [-0.3, -0.25) is 4.79 Å². The topological polar surface area (TPSA) is 97.0 Å². The van der Waals surface area contributed by atoms with Crippen LogP contribution in [0.5, 0.6) is 0 Å². The van der Waals surface area contributed by atoms with Crippen LogP contribution in [-0.4, -0.2) is 28.3 Å². The van der Waals surface area contributed by atoms with Crippen LogP contribution in [0.2, 0.25) is 0 Å². The van der Waals surface area contributed by atoms with Gasteiger partial charge < -0.3 is 10.1 Å². The molecule has 4 aromatic rings. The summed E-state index contributed by atoms with van der Waals surface area (Å²) in [7, 11) is 0. The lowest BCUT2D eigenvalue weighted by Gasteiger charge is -2.05. The Hall–Kier alpha value is -4.48. The Morgan fingerprint density at radius 3 is 2.57 bits per heavy atom. The fourth-order valence-corrected chi connectivity index (χ4v) is 3.52. The smallest absolute Gasteiger partial charge is 0.331 e. The molecule has 1 aromatic heterocycles. The first kappa shape index (κ1) is 23.7. The van der Waals surface area contributed by atoms with E-state index >= 15 is 0 Å². The highest BCUT2D eigenvalue weighted by Crippen LogP contribution is 2.26. The molecule has 0 unspecified atom stereocenters. The van der Waals surface area contributed by atoms with Crippen molar-refractivity contribution in [3.05, 3.63) is 107 Å². The van der Waals surface area contributed by atoms with Crippen molar-refractivity contribution in [3.8, 4) is 23.0 Å². The number of nitriles is 1. The maximum absolute atomic E-state index is 12.3. The van der Waals surface area contributed by atoms with Crippen molar-refractivity contribution >= 4 is 39.6 Å². The number of anilines is 1. The normalized spacial score (nSPS) is 10.6. The van der Waals surface area contributed by atoms with Crippen LogP contribution in [0.4, 0.5) is 5.69 Å². The summed E-state index contributed by atoms with van der Waals surface area (Å²) in [6.45, 7) is -0.456. The molecular weight excluding hydrogens is 508 g/mol. The third-order valence-corrected chi connectivity index (χ3v) is 5.43. The lowest BCUT2D eigenvalue weighted by molar-refractivity contribution is -0.142. The highest BCUT2D eigenvalue weighted by Gasteiger charge is 2.12. The summed E-state index contributed by atoms with van der Waals surface area (Å²) in [6, 6.07) is 25.8. The largest absolute Gasteiger partial charge is 0.452 e. The summed E-state index contributed by atoms with van der Waals surface area (Å²) in [4.78, 5) is 24.4. The summed E-state index contributed by atoms with van der Waals surface area (Å²) in [5, 5.41) is 16.2. The first-order chi connectivity index (χ1) is 17.0. The molecule has 0 saturated heterocycles. The Kier molecular flexibility index (Phi) is 7.50. The van der Waals surface area contributed by atoms with Gasteiger partial charge >= 0.3 is 5.97 Å². The second-order valence-corrected chi connectivity index (χ2v) is 8.32. The lowest BCUT2D eigenvalue weighted by atomic mass is 10.1. The van der Waals surface area contributed by atoms with Crippen LogP contribution in [0.15, 0.2) is 95.6 Å². The van der Waals surface area contributed by atoms with E-state index in [0.29, 0.717) is 22.5 Å². The highest BCUT2D eigenvalue weighted by molar-refractivity contribution is 9.10. The molecule has 1 amide bonds. The first-order valence-electron chi connectivity index (χ1n) is 10.6. The average Bonchev–Trinajstić information content (AvgIpc) is 3.31. The van der Waals surface area contributed by atoms with E-state index in [1.54, 1.807) is 29.0 Å². The van der Waals surface area contributed by atoms with Crippen molar-refractivity contribution in [1.29, 1.82) is 5.26 Å². The fourth-order valence-electron chi connectivity index (χ4n) is 3.26. The number of carbonyl (C=O) groups excluding carboxylic acids is 2. The average molecular weight is 527 g/mol. The van der Waals surface area contributed by atoms with Crippen LogP contribution in [0.3, 0.4) is 0 Å². The Labute approximate surface area is 210 Å². The molecule has 8 heteroatoms. The first-order valence-corrected chi connectivity index (χ1v) is 11.4. The zero-order valence-corrected chi connectivity index (χ0v) is 20.0. The summed E-state index contributed by atoms with van der Waals surface area (Å²) in [5.41, 5.74) is 4.04. The molecule has 1 heterocycles. The van der Waals surface area contributed by atoms with Crippen molar-refractivity contribution < 1.29 is 14.3 Å². The van der Waals surface area contributed by atoms with Crippen molar-refractivity contribution in [2.24, 2.45) is 0 Å². The number of halogens is 1. The van der Waals surface area contributed by atoms with Gasteiger partial charge in [0.15, 0.2) is 6.61 Å². The van der Waals surface area contributed by atoms with Crippen LogP contribution in [0.25, 0.3) is 23.0 Å². The molecule has 0 aliphatic heterocycles. The Balaban J connectivity index is 1.46. The standard InChI is InChI=1S/C27H19BrN4O3/c28-22-12-9-20(10-13-22)27-21(17-32(31-27)24-7-2-1-3-8-24)11-14-26(34)35-18-25(33)30-23-6-4-5-19(15-23)16-29/h1-15,17H,18H2,(H,30,33). The van der Waals surface area contributed by atoms with Gasteiger partial charge in [0, 0.05) is 33.6 Å². The highest BCUT2D eigenvalue weighted by atomic mass is 79.9.